The molecule has 1 heterocycles. The number of aliphatic imine (C=N–C) groups is 1. The highest BCUT2D eigenvalue weighted by molar-refractivity contribution is 6.06. The van der Waals surface area contributed by atoms with E-state index in [2.05, 4.69) is 4.99 Å². The van der Waals surface area contributed by atoms with Gasteiger partial charge in [-0.15, -0.1) is 0 Å². The fraction of sp³-hybridized carbons (Fsp3) is 0.0833. The number of benzene rings is 3. The molecule has 0 aliphatic rings. The van der Waals surface area contributed by atoms with Gasteiger partial charge in [0.2, 0.25) is 0 Å². The molecule has 3 aromatic carbocycles. The molecule has 2 N–H and O–H groups in total. The fourth-order valence-electron chi connectivity index (χ4n) is 3.48. The van der Waals surface area contributed by atoms with Crippen molar-refractivity contribution >= 4 is 22.3 Å². The number of phenolic OH excluding ortho intramolecular Hbond substituents is 1. The van der Waals surface area contributed by atoms with Gasteiger partial charge >= 0.3 is 0 Å². The van der Waals surface area contributed by atoms with E-state index < -0.39 is 0 Å². The second-order valence-electron chi connectivity index (χ2n) is 6.77. The van der Waals surface area contributed by atoms with Gasteiger partial charge in [0.05, 0.1) is 24.0 Å². The van der Waals surface area contributed by atoms with Crippen LogP contribution in [0.15, 0.2) is 82.6 Å². The van der Waals surface area contributed by atoms with Crippen molar-refractivity contribution in [1.82, 2.24) is 4.57 Å². The molecule has 0 saturated heterocycles. The Hall–Kier alpha value is -4.06. The summed E-state index contributed by atoms with van der Waals surface area (Å²) in [5, 5.41) is 21.5. The number of fused-ring (bicyclic) bond motifs is 1. The van der Waals surface area contributed by atoms with E-state index in [1.807, 2.05) is 36.4 Å². The Kier molecular flexibility index (Phi) is 4.98. The highest BCUT2D eigenvalue weighted by Crippen LogP contribution is 2.32. The van der Waals surface area contributed by atoms with E-state index in [4.69, 9.17) is 4.74 Å². The van der Waals surface area contributed by atoms with Gasteiger partial charge in [-0.05, 0) is 43.3 Å². The molecule has 0 saturated carbocycles. The molecule has 0 aliphatic carbocycles. The number of aromatic hydroxyl groups is 2. The Morgan fingerprint density at radius 2 is 1.67 bits per heavy atom. The third-order valence-electron chi connectivity index (χ3n) is 4.89. The first kappa shape index (κ1) is 19.3. The van der Waals surface area contributed by atoms with E-state index in [9.17, 15) is 15.0 Å². The zero-order chi connectivity index (χ0) is 21.3. The molecule has 0 amide bonds. The van der Waals surface area contributed by atoms with E-state index >= 15 is 0 Å². The number of nitrogens with zero attached hydrogens (tertiary/aromatic N) is 2. The highest BCUT2D eigenvalue weighted by atomic mass is 16.5. The molecule has 0 aliphatic heterocycles. The molecular formula is C24H20N2O4. The van der Waals surface area contributed by atoms with Crippen molar-refractivity contribution in [2.45, 2.75) is 6.92 Å². The minimum absolute atomic E-state index is 0.0593. The lowest BCUT2D eigenvalue weighted by Gasteiger charge is -2.15. The highest BCUT2D eigenvalue weighted by Gasteiger charge is 2.19. The standard InChI is InChI=1S/C24H20N2O4/c1-15(25-16-12-13-21(30-2)20(27)14-16)22-23(28)18-10-6-7-11-19(18)26(24(22)29)17-8-4-3-5-9-17/h3-14,27-28H,1-2H3. The van der Waals surface area contributed by atoms with Gasteiger partial charge in [0, 0.05) is 17.1 Å². The molecular weight excluding hydrogens is 380 g/mol. The number of hydrogen-bond donors (Lipinski definition) is 2. The van der Waals surface area contributed by atoms with Crippen molar-refractivity contribution in [3.05, 3.63) is 88.7 Å². The molecule has 0 unspecified atom stereocenters. The van der Waals surface area contributed by atoms with Crippen LogP contribution < -0.4 is 10.3 Å². The number of aromatic nitrogens is 1. The normalized spacial score (nSPS) is 11.6. The molecule has 0 bridgehead atoms. The number of pyridine rings is 1. The molecule has 0 atom stereocenters. The van der Waals surface area contributed by atoms with Crippen LogP contribution in [0, 0.1) is 0 Å². The summed E-state index contributed by atoms with van der Waals surface area (Å²) in [7, 11) is 1.46. The summed E-state index contributed by atoms with van der Waals surface area (Å²) in [6, 6.07) is 21.1. The first-order valence-electron chi connectivity index (χ1n) is 9.36. The van der Waals surface area contributed by atoms with E-state index in [1.54, 1.807) is 41.8 Å². The SMILES string of the molecule is COc1ccc(N=C(C)c2c(O)c3ccccc3n(-c3ccccc3)c2=O)cc1O. The largest absolute Gasteiger partial charge is 0.506 e. The van der Waals surface area contributed by atoms with Gasteiger partial charge in [-0.3, -0.25) is 14.4 Å². The van der Waals surface area contributed by atoms with E-state index in [1.165, 1.54) is 13.2 Å². The molecule has 4 aromatic rings. The number of rotatable bonds is 4. The van der Waals surface area contributed by atoms with Crippen molar-refractivity contribution in [2.75, 3.05) is 7.11 Å². The minimum atomic E-state index is -0.378. The van der Waals surface area contributed by atoms with Gasteiger partial charge in [0.1, 0.15) is 11.3 Å². The summed E-state index contributed by atoms with van der Waals surface area (Å²) in [6.45, 7) is 1.65. The molecule has 150 valence electrons. The van der Waals surface area contributed by atoms with Gasteiger partial charge in [-0.1, -0.05) is 30.3 Å². The van der Waals surface area contributed by atoms with E-state index in [0.29, 0.717) is 33.7 Å². The lowest BCUT2D eigenvalue weighted by molar-refractivity contribution is 0.373. The molecule has 6 nitrogen and oxygen atoms in total. The van der Waals surface area contributed by atoms with Crippen LogP contribution in [-0.4, -0.2) is 27.6 Å². The molecule has 0 radical (unpaired) electrons. The molecule has 4 rings (SSSR count). The molecule has 30 heavy (non-hydrogen) atoms. The number of methoxy groups -OCH3 is 1. The van der Waals surface area contributed by atoms with E-state index in [0.717, 1.165) is 0 Å². The fourth-order valence-corrected chi connectivity index (χ4v) is 3.48. The number of hydrogen-bond acceptors (Lipinski definition) is 5. The maximum absolute atomic E-state index is 13.5. The summed E-state index contributed by atoms with van der Waals surface area (Å²) in [4.78, 5) is 17.9. The summed E-state index contributed by atoms with van der Waals surface area (Å²) < 4.78 is 6.61. The van der Waals surface area contributed by atoms with Gasteiger partial charge < -0.3 is 14.9 Å². The maximum atomic E-state index is 13.5. The van der Waals surface area contributed by atoms with Gasteiger partial charge in [-0.2, -0.15) is 0 Å². The second kappa shape index (κ2) is 7.75. The van der Waals surface area contributed by atoms with Crippen LogP contribution in [0.3, 0.4) is 0 Å². The maximum Gasteiger partial charge on any atom is 0.268 e. The number of ether oxygens (including phenoxy) is 1. The second-order valence-corrected chi connectivity index (χ2v) is 6.77. The summed E-state index contributed by atoms with van der Waals surface area (Å²) in [5.41, 5.74) is 1.78. The third-order valence-corrected chi connectivity index (χ3v) is 4.89. The average molecular weight is 400 g/mol. The van der Waals surface area contributed by atoms with Gasteiger partial charge in [0.15, 0.2) is 11.5 Å². The van der Waals surface area contributed by atoms with Crippen molar-refractivity contribution in [1.29, 1.82) is 0 Å². The molecule has 0 spiro atoms. The molecule has 0 fully saturated rings. The zero-order valence-corrected chi connectivity index (χ0v) is 16.5. The lowest BCUT2D eigenvalue weighted by atomic mass is 10.1. The van der Waals surface area contributed by atoms with Gasteiger partial charge in [-0.25, -0.2) is 0 Å². The van der Waals surface area contributed by atoms with Crippen LogP contribution >= 0.6 is 0 Å². The summed E-state index contributed by atoms with van der Waals surface area (Å²) in [5.74, 6) is 0.143. The lowest BCUT2D eigenvalue weighted by Crippen LogP contribution is -2.25. The zero-order valence-electron chi connectivity index (χ0n) is 16.5. The molecule has 1 aromatic heterocycles. The van der Waals surface area contributed by atoms with Crippen LogP contribution in [0.2, 0.25) is 0 Å². The first-order chi connectivity index (χ1) is 14.5. The Labute approximate surface area is 173 Å². The Morgan fingerprint density at radius 1 is 0.967 bits per heavy atom. The monoisotopic (exact) mass is 400 g/mol. The number of para-hydroxylation sites is 2. The van der Waals surface area contributed by atoms with Crippen molar-refractivity contribution in [3.63, 3.8) is 0 Å². The van der Waals surface area contributed by atoms with Crippen molar-refractivity contribution < 1.29 is 14.9 Å². The van der Waals surface area contributed by atoms with Crippen LogP contribution in [0.5, 0.6) is 17.2 Å². The number of phenols is 1. The Balaban J connectivity index is 1.97. The van der Waals surface area contributed by atoms with Crippen LogP contribution in [0.25, 0.3) is 16.6 Å². The topological polar surface area (TPSA) is 84.0 Å². The summed E-state index contributed by atoms with van der Waals surface area (Å²) in [6.07, 6.45) is 0. The predicted molar refractivity (Wildman–Crippen MR) is 118 cm³/mol. The first-order valence-corrected chi connectivity index (χ1v) is 9.36. The third kappa shape index (κ3) is 3.28. The smallest absolute Gasteiger partial charge is 0.268 e. The summed E-state index contributed by atoms with van der Waals surface area (Å²) >= 11 is 0. The van der Waals surface area contributed by atoms with Crippen molar-refractivity contribution in [3.8, 4) is 22.9 Å². The Morgan fingerprint density at radius 3 is 2.37 bits per heavy atom. The molecule has 6 heteroatoms. The quantitative estimate of drug-likeness (QED) is 0.492. The van der Waals surface area contributed by atoms with Crippen LogP contribution in [-0.2, 0) is 0 Å². The Bertz CT molecular complexity index is 1320. The van der Waals surface area contributed by atoms with Crippen LogP contribution in [0.1, 0.15) is 12.5 Å². The predicted octanol–water partition coefficient (Wildman–Crippen LogP) is 4.55. The minimum Gasteiger partial charge on any atom is -0.506 e. The average Bonchev–Trinajstić information content (AvgIpc) is 2.75. The van der Waals surface area contributed by atoms with Gasteiger partial charge in [0.25, 0.3) is 5.56 Å². The van der Waals surface area contributed by atoms with E-state index in [-0.39, 0.29) is 22.6 Å². The van der Waals surface area contributed by atoms with Crippen LogP contribution in [0.4, 0.5) is 5.69 Å². The van der Waals surface area contributed by atoms with Crippen molar-refractivity contribution in [2.24, 2.45) is 4.99 Å².